The fourth-order valence-electron chi connectivity index (χ4n) is 2.50. The Labute approximate surface area is 116 Å². The molecular weight excluding hydrogens is 236 g/mol. The van der Waals surface area contributed by atoms with E-state index in [9.17, 15) is 0 Å². The predicted octanol–water partition coefficient (Wildman–Crippen LogP) is 2.46. The molecule has 1 aromatic heterocycles. The fraction of sp³-hybridized carbons (Fsp3) is 0.733. The van der Waals surface area contributed by atoms with E-state index < -0.39 is 0 Å². The van der Waals surface area contributed by atoms with Gasteiger partial charge in [0, 0.05) is 19.6 Å². The smallest absolute Gasteiger partial charge is 0.151 e. The molecule has 0 spiro atoms. The Kier molecular flexibility index (Phi) is 5.14. The lowest BCUT2D eigenvalue weighted by Gasteiger charge is -2.31. The average molecular weight is 262 g/mol. The molecule has 1 aliphatic heterocycles. The maximum atomic E-state index is 4.37. The molecule has 2 heterocycles. The zero-order valence-corrected chi connectivity index (χ0v) is 12.4. The normalized spacial score (nSPS) is 20.0. The second-order valence-corrected chi connectivity index (χ2v) is 6.10. The number of hydrogen-bond donors (Lipinski definition) is 1. The van der Waals surface area contributed by atoms with E-state index in [1.807, 2.05) is 0 Å². The van der Waals surface area contributed by atoms with Crippen molar-refractivity contribution < 1.29 is 0 Å². The van der Waals surface area contributed by atoms with Gasteiger partial charge in [-0.25, -0.2) is 0 Å². The van der Waals surface area contributed by atoms with Crippen LogP contribution >= 0.6 is 0 Å². The van der Waals surface area contributed by atoms with Gasteiger partial charge in [-0.2, -0.15) is 5.10 Å². The summed E-state index contributed by atoms with van der Waals surface area (Å²) in [5, 5.41) is 12.1. The highest BCUT2D eigenvalue weighted by molar-refractivity contribution is 5.37. The van der Waals surface area contributed by atoms with Gasteiger partial charge in [-0.1, -0.05) is 20.8 Å². The van der Waals surface area contributed by atoms with Crippen LogP contribution in [0.1, 0.15) is 39.3 Å². The molecule has 1 aromatic rings. The van der Waals surface area contributed by atoms with Gasteiger partial charge in [0.2, 0.25) is 0 Å². The van der Waals surface area contributed by atoms with Crippen molar-refractivity contribution in [3.8, 4) is 0 Å². The third-order valence-corrected chi connectivity index (χ3v) is 3.55. The Hall–Kier alpha value is -1.16. The summed E-state index contributed by atoms with van der Waals surface area (Å²) in [5.41, 5.74) is 1.02. The zero-order chi connectivity index (χ0) is 13.7. The van der Waals surface area contributed by atoms with E-state index in [0.29, 0.717) is 5.92 Å². The van der Waals surface area contributed by atoms with Crippen LogP contribution in [0.5, 0.6) is 0 Å². The molecule has 0 radical (unpaired) electrons. The topological polar surface area (TPSA) is 41.0 Å². The molecule has 1 unspecified atom stereocenters. The number of nitrogens with zero attached hydrogens (tertiary/aromatic N) is 3. The largest absolute Gasteiger partial charge is 0.355 e. The number of rotatable bonds is 5. The van der Waals surface area contributed by atoms with Gasteiger partial charge >= 0.3 is 0 Å². The van der Waals surface area contributed by atoms with Crippen molar-refractivity contribution in [3.63, 3.8) is 0 Å². The minimum Gasteiger partial charge on any atom is -0.355 e. The molecule has 1 atom stereocenters. The maximum absolute atomic E-state index is 4.37. The van der Waals surface area contributed by atoms with Crippen LogP contribution in [-0.2, 0) is 6.54 Å². The zero-order valence-electron chi connectivity index (χ0n) is 12.4. The Balaban J connectivity index is 1.87. The van der Waals surface area contributed by atoms with Crippen LogP contribution in [0.25, 0.3) is 0 Å². The summed E-state index contributed by atoms with van der Waals surface area (Å²) in [4.78, 5) is 2.35. The van der Waals surface area contributed by atoms with E-state index in [2.05, 4.69) is 53.3 Å². The van der Waals surface area contributed by atoms with Crippen molar-refractivity contribution in [2.45, 2.75) is 40.2 Å². The van der Waals surface area contributed by atoms with Gasteiger partial charge in [0.05, 0.1) is 5.69 Å². The highest BCUT2D eigenvalue weighted by atomic mass is 15.3. The second-order valence-electron chi connectivity index (χ2n) is 6.10. The minimum absolute atomic E-state index is 0.669. The van der Waals surface area contributed by atoms with Crippen molar-refractivity contribution in [1.29, 1.82) is 0 Å². The Morgan fingerprint density at radius 2 is 2.21 bits per heavy atom. The summed E-state index contributed by atoms with van der Waals surface area (Å²) in [6.45, 7) is 10.8. The summed E-state index contributed by atoms with van der Waals surface area (Å²) in [7, 11) is 0. The molecule has 19 heavy (non-hydrogen) atoms. The van der Waals surface area contributed by atoms with Crippen LogP contribution in [0.2, 0.25) is 0 Å². The molecule has 1 fully saturated rings. The van der Waals surface area contributed by atoms with Crippen LogP contribution in [-0.4, -0.2) is 29.8 Å². The van der Waals surface area contributed by atoms with Gasteiger partial charge in [-0.05, 0) is 43.4 Å². The molecule has 4 heteroatoms. The molecular formula is C15H26N4. The van der Waals surface area contributed by atoms with Crippen molar-refractivity contribution in [2.75, 3.05) is 24.5 Å². The number of piperidine rings is 1. The van der Waals surface area contributed by atoms with E-state index in [1.165, 1.54) is 12.8 Å². The second kappa shape index (κ2) is 6.85. The number of nitrogens with one attached hydrogen (secondary N) is 1. The van der Waals surface area contributed by atoms with Crippen molar-refractivity contribution in [2.24, 2.45) is 11.8 Å². The fourth-order valence-corrected chi connectivity index (χ4v) is 2.50. The molecule has 0 saturated carbocycles. The van der Waals surface area contributed by atoms with E-state index >= 15 is 0 Å². The van der Waals surface area contributed by atoms with Gasteiger partial charge in [0.15, 0.2) is 5.82 Å². The Bertz CT molecular complexity index is 374. The summed E-state index contributed by atoms with van der Waals surface area (Å²) in [6, 6.07) is 4.20. The number of hydrogen-bond acceptors (Lipinski definition) is 4. The molecule has 1 aliphatic rings. The third kappa shape index (κ3) is 4.46. The SMILES string of the molecule is CC(C)CNCc1ccc(N2CCCC(C)C2)nn1. The first kappa shape index (κ1) is 14.3. The first-order valence-electron chi connectivity index (χ1n) is 7.43. The van der Waals surface area contributed by atoms with Crippen molar-refractivity contribution in [3.05, 3.63) is 17.8 Å². The van der Waals surface area contributed by atoms with Crippen LogP contribution in [0.3, 0.4) is 0 Å². The number of aromatic nitrogens is 2. The molecule has 4 nitrogen and oxygen atoms in total. The Morgan fingerprint density at radius 3 is 2.84 bits per heavy atom. The van der Waals surface area contributed by atoms with Gasteiger partial charge in [0.25, 0.3) is 0 Å². The molecule has 1 saturated heterocycles. The Morgan fingerprint density at radius 1 is 1.37 bits per heavy atom. The third-order valence-electron chi connectivity index (χ3n) is 3.55. The number of anilines is 1. The van der Waals surface area contributed by atoms with Gasteiger partial charge < -0.3 is 10.2 Å². The predicted molar refractivity (Wildman–Crippen MR) is 79.2 cm³/mol. The highest BCUT2D eigenvalue weighted by Gasteiger charge is 2.17. The molecule has 2 rings (SSSR count). The van der Waals surface area contributed by atoms with E-state index in [0.717, 1.165) is 43.6 Å². The lowest BCUT2D eigenvalue weighted by molar-refractivity contribution is 0.443. The maximum Gasteiger partial charge on any atom is 0.151 e. The minimum atomic E-state index is 0.669. The van der Waals surface area contributed by atoms with Crippen LogP contribution in [0.4, 0.5) is 5.82 Å². The lowest BCUT2D eigenvalue weighted by atomic mass is 10.0. The van der Waals surface area contributed by atoms with E-state index in [-0.39, 0.29) is 0 Å². The van der Waals surface area contributed by atoms with Crippen LogP contribution in [0.15, 0.2) is 12.1 Å². The highest BCUT2D eigenvalue weighted by Crippen LogP contribution is 2.20. The van der Waals surface area contributed by atoms with Crippen molar-refractivity contribution in [1.82, 2.24) is 15.5 Å². The van der Waals surface area contributed by atoms with Crippen molar-refractivity contribution >= 4 is 5.82 Å². The van der Waals surface area contributed by atoms with Crippen LogP contribution < -0.4 is 10.2 Å². The monoisotopic (exact) mass is 262 g/mol. The molecule has 1 N–H and O–H groups in total. The molecule has 0 aromatic carbocycles. The first-order valence-corrected chi connectivity index (χ1v) is 7.43. The first-order chi connectivity index (χ1) is 9.15. The van der Waals surface area contributed by atoms with Gasteiger partial charge in [-0.15, -0.1) is 5.10 Å². The molecule has 0 amide bonds. The summed E-state index contributed by atoms with van der Waals surface area (Å²) < 4.78 is 0. The molecule has 0 aliphatic carbocycles. The molecule has 0 bridgehead atoms. The summed E-state index contributed by atoms with van der Waals surface area (Å²) in [5.74, 6) is 2.46. The van der Waals surface area contributed by atoms with Gasteiger partial charge in [-0.3, -0.25) is 0 Å². The standard InChI is InChI=1S/C15H26N4/c1-12(2)9-16-10-14-6-7-15(18-17-14)19-8-4-5-13(3)11-19/h6-7,12-13,16H,4-5,8-11H2,1-3H3. The average Bonchev–Trinajstić information content (AvgIpc) is 2.39. The quantitative estimate of drug-likeness (QED) is 0.885. The van der Waals surface area contributed by atoms with Gasteiger partial charge in [0.1, 0.15) is 0 Å². The summed E-state index contributed by atoms with van der Waals surface area (Å²) in [6.07, 6.45) is 2.60. The van der Waals surface area contributed by atoms with Crippen LogP contribution in [0, 0.1) is 11.8 Å². The summed E-state index contributed by atoms with van der Waals surface area (Å²) >= 11 is 0. The van der Waals surface area contributed by atoms with E-state index in [4.69, 9.17) is 0 Å². The molecule has 106 valence electrons. The van der Waals surface area contributed by atoms with E-state index in [1.54, 1.807) is 0 Å². The lowest BCUT2D eigenvalue weighted by Crippen LogP contribution is -2.35.